The molecule has 0 aliphatic carbocycles. The van der Waals surface area contributed by atoms with Gasteiger partial charge in [0.2, 0.25) is 0 Å². The Morgan fingerprint density at radius 2 is 1.83 bits per heavy atom. The Morgan fingerprint density at radius 1 is 1.17 bits per heavy atom. The van der Waals surface area contributed by atoms with Crippen LogP contribution in [0.2, 0.25) is 0 Å². The lowest BCUT2D eigenvalue weighted by molar-refractivity contribution is -0.142. The van der Waals surface area contributed by atoms with Crippen molar-refractivity contribution in [2.24, 2.45) is 0 Å². The highest BCUT2D eigenvalue weighted by Gasteiger charge is 2.15. The monoisotopic (exact) mass is 247 g/mol. The molecule has 0 aliphatic rings. The van der Waals surface area contributed by atoms with E-state index in [0.29, 0.717) is 13.2 Å². The SMILES string of the molecule is CCOC(OCC)c1cc(-c2ccncc2)n[nH]1. The smallest absolute Gasteiger partial charge is 0.200 e. The number of aromatic nitrogens is 3. The maximum atomic E-state index is 5.51. The minimum atomic E-state index is -0.386. The molecule has 0 fully saturated rings. The van der Waals surface area contributed by atoms with Gasteiger partial charge in [-0.25, -0.2) is 0 Å². The van der Waals surface area contributed by atoms with Crippen LogP contribution in [-0.2, 0) is 9.47 Å². The first-order valence-corrected chi connectivity index (χ1v) is 6.04. The molecular formula is C13H17N3O2. The third-order valence-corrected chi connectivity index (χ3v) is 2.46. The Balaban J connectivity index is 2.18. The summed E-state index contributed by atoms with van der Waals surface area (Å²) in [5.74, 6) is 0. The fraction of sp³-hybridized carbons (Fsp3) is 0.385. The van der Waals surface area contributed by atoms with Gasteiger partial charge in [-0.1, -0.05) is 0 Å². The van der Waals surface area contributed by atoms with E-state index in [1.165, 1.54) is 0 Å². The highest BCUT2D eigenvalue weighted by atomic mass is 16.7. The summed E-state index contributed by atoms with van der Waals surface area (Å²) < 4.78 is 11.0. The Morgan fingerprint density at radius 3 is 2.44 bits per heavy atom. The van der Waals surface area contributed by atoms with Crippen molar-refractivity contribution in [3.05, 3.63) is 36.3 Å². The lowest BCUT2D eigenvalue weighted by atomic mass is 10.2. The van der Waals surface area contributed by atoms with E-state index in [-0.39, 0.29) is 6.29 Å². The first-order valence-electron chi connectivity index (χ1n) is 6.04. The van der Waals surface area contributed by atoms with E-state index in [2.05, 4.69) is 15.2 Å². The molecule has 96 valence electrons. The van der Waals surface area contributed by atoms with E-state index in [0.717, 1.165) is 17.0 Å². The van der Waals surface area contributed by atoms with Crippen LogP contribution < -0.4 is 0 Å². The van der Waals surface area contributed by atoms with Crippen molar-refractivity contribution in [2.75, 3.05) is 13.2 Å². The number of H-pyrrole nitrogens is 1. The van der Waals surface area contributed by atoms with Crippen LogP contribution >= 0.6 is 0 Å². The topological polar surface area (TPSA) is 60.0 Å². The number of hydrogen-bond acceptors (Lipinski definition) is 4. The van der Waals surface area contributed by atoms with Gasteiger partial charge in [0.1, 0.15) is 0 Å². The molecule has 5 heteroatoms. The average molecular weight is 247 g/mol. The van der Waals surface area contributed by atoms with Gasteiger partial charge in [0.15, 0.2) is 6.29 Å². The third-order valence-electron chi connectivity index (χ3n) is 2.46. The second kappa shape index (κ2) is 6.28. The van der Waals surface area contributed by atoms with Gasteiger partial charge in [0.05, 0.1) is 11.4 Å². The molecule has 0 radical (unpaired) electrons. The summed E-state index contributed by atoms with van der Waals surface area (Å²) in [4.78, 5) is 3.98. The number of rotatable bonds is 6. The van der Waals surface area contributed by atoms with Crippen molar-refractivity contribution in [3.63, 3.8) is 0 Å². The number of nitrogens with zero attached hydrogens (tertiary/aromatic N) is 2. The van der Waals surface area contributed by atoms with Crippen LogP contribution in [-0.4, -0.2) is 28.4 Å². The zero-order valence-corrected chi connectivity index (χ0v) is 10.6. The van der Waals surface area contributed by atoms with Crippen molar-refractivity contribution < 1.29 is 9.47 Å². The number of aromatic amines is 1. The summed E-state index contributed by atoms with van der Waals surface area (Å²) in [7, 11) is 0. The largest absolute Gasteiger partial charge is 0.347 e. The maximum absolute atomic E-state index is 5.51. The molecule has 0 aromatic carbocycles. The van der Waals surface area contributed by atoms with Crippen molar-refractivity contribution in [1.82, 2.24) is 15.2 Å². The van der Waals surface area contributed by atoms with E-state index in [9.17, 15) is 0 Å². The lowest BCUT2D eigenvalue weighted by Gasteiger charge is -2.14. The third kappa shape index (κ3) is 2.94. The molecule has 0 atom stereocenters. The lowest BCUT2D eigenvalue weighted by Crippen LogP contribution is -2.09. The molecule has 0 saturated carbocycles. The molecule has 2 aromatic heterocycles. The van der Waals surface area contributed by atoms with E-state index in [1.807, 2.05) is 32.0 Å². The van der Waals surface area contributed by atoms with E-state index >= 15 is 0 Å². The molecular weight excluding hydrogens is 230 g/mol. The summed E-state index contributed by atoms with van der Waals surface area (Å²) in [5.41, 5.74) is 2.70. The number of pyridine rings is 1. The van der Waals surface area contributed by atoms with Crippen LogP contribution in [0.15, 0.2) is 30.6 Å². The van der Waals surface area contributed by atoms with Crippen LogP contribution in [0.1, 0.15) is 25.8 Å². The molecule has 0 bridgehead atoms. The second-order valence-electron chi connectivity index (χ2n) is 3.69. The molecule has 5 nitrogen and oxygen atoms in total. The number of nitrogens with one attached hydrogen (secondary N) is 1. The number of ether oxygens (including phenoxy) is 2. The fourth-order valence-electron chi connectivity index (χ4n) is 1.66. The first-order chi connectivity index (χ1) is 8.85. The van der Waals surface area contributed by atoms with Gasteiger partial charge in [-0.3, -0.25) is 10.1 Å². The van der Waals surface area contributed by atoms with Gasteiger partial charge >= 0.3 is 0 Å². The molecule has 2 aromatic rings. The molecule has 0 spiro atoms. The predicted molar refractivity (Wildman–Crippen MR) is 67.8 cm³/mol. The van der Waals surface area contributed by atoms with Crippen molar-refractivity contribution in [3.8, 4) is 11.3 Å². The Bertz CT molecular complexity index is 464. The van der Waals surface area contributed by atoms with Gasteiger partial charge in [-0.15, -0.1) is 0 Å². The van der Waals surface area contributed by atoms with Gasteiger partial charge in [0, 0.05) is 31.2 Å². The minimum Gasteiger partial charge on any atom is -0.347 e. The first kappa shape index (κ1) is 12.7. The van der Waals surface area contributed by atoms with Crippen LogP contribution in [0.3, 0.4) is 0 Å². The molecule has 1 N–H and O–H groups in total. The molecule has 0 unspecified atom stereocenters. The molecule has 0 saturated heterocycles. The van der Waals surface area contributed by atoms with Gasteiger partial charge in [-0.05, 0) is 32.0 Å². The van der Waals surface area contributed by atoms with E-state index < -0.39 is 0 Å². The molecule has 0 aliphatic heterocycles. The minimum absolute atomic E-state index is 0.386. The van der Waals surface area contributed by atoms with Gasteiger partial charge in [0.25, 0.3) is 0 Å². The number of hydrogen-bond donors (Lipinski definition) is 1. The van der Waals surface area contributed by atoms with Crippen molar-refractivity contribution in [2.45, 2.75) is 20.1 Å². The summed E-state index contributed by atoms with van der Waals surface area (Å²) in [5, 5.41) is 7.21. The van der Waals surface area contributed by atoms with Crippen molar-refractivity contribution >= 4 is 0 Å². The predicted octanol–water partition coefficient (Wildman–Crippen LogP) is 2.54. The zero-order chi connectivity index (χ0) is 12.8. The Kier molecular flexibility index (Phi) is 4.44. The van der Waals surface area contributed by atoms with Crippen molar-refractivity contribution in [1.29, 1.82) is 0 Å². The Hall–Kier alpha value is -1.72. The van der Waals surface area contributed by atoms with Gasteiger partial charge < -0.3 is 9.47 Å². The van der Waals surface area contributed by atoms with Crippen LogP contribution in [0, 0.1) is 0 Å². The van der Waals surface area contributed by atoms with Crippen LogP contribution in [0.25, 0.3) is 11.3 Å². The summed E-state index contributed by atoms with van der Waals surface area (Å²) in [6.07, 6.45) is 3.10. The second-order valence-corrected chi connectivity index (χ2v) is 3.69. The normalized spacial score (nSPS) is 11.1. The fourth-order valence-corrected chi connectivity index (χ4v) is 1.66. The summed E-state index contributed by atoms with van der Waals surface area (Å²) >= 11 is 0. The average Bonchev–Trinajstić information content (AvgIpc) is 2.89. The highest BCUT2D eigenvalue weighted by Crippen LogP contribution is 2.22. The molecule has 2 heterocycles. The van der Waals surface area contributed by atoms with Crippen LogP contribution in [0.4, 0.5) is 0 Å². The van der Waals surface area contributed by atoms with E-state index in [1.54, 1.807) is 12.4 Å². The highest BCUT2D eigenvalue weighted by molar-refractivity contribution is 5.58. The summed E-state index contributed by atoms with van der Waals surface area (Å²) in [6.45, 7) is 5.06. The van der Waals surface area contributed by atoms with Crippen LogP contribution in [0.5, 0.6) is 0 Å². The quantitative estimate of drug-likeness (QED) is 0.797. The summed E-state index contributed by atoms with van der Waals surface area (Å²) in [6, 6.07) is 5.76. The van der Waals surface area contributed by atoms with E-state index in [4.69, 9.17) is 9.47 Å². The molecule has 2 rings (SSSR count). The zero-order valence-electron chi connectivity index (χ0n) is 10.6. The standard InChI is InChI=1S/C13H17N3O2/c1-3-17-13(18-4-2)12-9-11(15-16-12)10-5-7-14-8-6-10/h5-9,13H,3-4H2,1-2H3,(H,15,16). The maximum Gasteiger partial charge on any atom is 0.200 e. The molecule has 18 heavy (non-hydrogen) atoms. The van der Waals surface area contributed by atoms with Gasteiger partial charge in [-0.2, -0.15) is 5.10 Å². The Labute approximate surface area is 106 Å². The molecule has 0 amide bonds.